The molecule has 3 aromatic rings. The third-order valence-corrected chi connectivity index (χ3v) is 9.01. The lowest BCUT2D eigenvalue weighted by Crippen LogP contribution is -2.41. The third-order valence-electron chi connectivity index (χ3n) is 7.09. The zero-order valence-electron chi connectivity index (χ0n) is 23.0. The van der Waals surface area contributed by atoms with E-state index in [9.17, 15) is 23.3 Å². The van der Waals surface area contributed by atoms with Gasteiger partial charge in [0.15, 0.2) is 5.69 Å². The molecule has 14 heteroatoms. The number of hydrogen-bond donors (Lipinski definition) is 0. The second kappa shape index (κ2) is 11.6. The van der Waals surface area contributed by atoms with Crippen molar-refractivity contribution in [2.45, 2.75) is 25.7 Å². The molecule has 1 amide bonds. The maximum Gasteiger partial charge on any atom is 0.274 e. The van der Waals surface area contributed by atoms with Crippen molar-refractivity contribution in [3.05, 3.63) is 68.9 Å². The molecule has 0 N–H and O–H groups in total. The van der Waals surface area contributed by atoms with Crippen molar-refractivity contribution in [2.75, 3.05) is 52.6 Å². The summed E-state index contributed by atoms with van der Waals surface area (Å²) in [5, 5.41) is 16.2. The van der Waals surface area contributed by atoms with Gasteiger partial charge in [-0.2, -0.15) is 14.1 Å². The number of hydrogen-bond acceptors (Lipinski definition) is 9. The van der Waals surface area contributed by atoms with Gasteiger partial charge in [0.1, 0.15) is 10.6 Å². The van der Waals surface area contributed by atoms with E-state index >= 15 is 0 Å². The monoisotopic (exact) mass is 585 g/mol. The van der Waals surface area contributed by atoms with Crippen molar-refractivity contribution >= 4 is 21.6 Å². The van der Waals surface area contributed by atoms with Crippen LogP contribution in [0.5, 0.6) is 11.6 Å². The number of sulfonamides is 1. The fraction of sp³-hybridized carbons (Fsp3) is 0.407. The van der Waals surface area contributed by atoms with Crippen LogP contribution in [0.25, 0.3) is 5.69 Å². The molecular weight excluding hydrogens is 554 g/mol. The van der Waals surface area contributed by atoms with E-state index in [1.807, 2.05) is 32.0 Å². The highest BCUT2D eigenvalue weighted by Crippen LogP contribution is 2.37. The van der Waals surface area contributed by atoms with Gasteiger partial charge in [0, 0.05) is 43.9 Å². The highest BCUT2D eigenvalue weighted by atomic mass is 32.2. The molecule has 2 aromatic carbocycles. The van der Waals surface area contributed by atoms with E-state index in [1.165, 1.54) is 21.1 Å². The maximum absolute atomic E-state index is 13.7. The molecule has 2 aliphatic heterocycles. The van der Waals surface area contributed by atoms with Crippen LogP contribution >= 0.6 is 0 Å². The van der Waals surface area contributed by atoms with Gasteiger partial charge in [-0.15, -0.1) is 0 Å². The Balaban J connectivity index is 1.66. The summed E-state index contributed by atoms with van der Waals surface area (Å²) in [5.41, 5.74) is 2.59. The number of aromatic nitrogens is 2. The van der Waals surface area contributed by atoms with E-state index in [2.05, 4.69) is 5.10 Å². The van der Waals surface area contributed by atoms with E-state index in [-0.39, 0.29) is 54.4 Å². The fourth-order valence-electron chi connectivity index (χ4n) is 4.76. The summed E-state index contributed by atoms with van der Waals surface area (Å²) in [4.78, 5) is 25.7. The second-order valence-corrected chi connectivity index (χ2v) is 11.8. The van der Waals surface area contributed by atoms with E-state index < -0.39 is 20.6 Å². The number of benzene rings is 2. The molecule has 2 fully saturated rings. The highest BCUT2D eigenvalue weighted by Gasteiger charge is 2.33. The molecular formula is C27H31N5O8S. The largest absolute Gasteiger partial charge is 0.437 e. The third kappa shape index (κ3) is 5.68. The molecule has 0 atom stereocenters. The van der Waals surface area contributed by atoms with Crippen LogP contribution in [0, 0.1) is 30.9 Å². The Bertz CT molecular complexity index is 1590. The second-order valence-electron chi connectivity index (χ2n) is 9.89. The standard InChI is InChI=1S/C27H31N5O8S/c1-18-4-5-19(2)22(16-18)31-27(20(3)25(28-31)26(33)29-8-12-38-13-9-29)40-23-7-6-21(32(34)35)17-24(23)41(36,37)30-10-14-39-15-11-30/h4-7,16-17H,8-15H2,1-3H3. The topological polar surface area (TPSA) is 146 Å². The van der Waals surface area contributed by atoms with Gasteiger partial charge in [-0.05, 0) is 44.0 Å². The summed E-state index contributed by atoms with van der Waals surface area (Å²) < 4.78 is 47.1. The number of carbonyl (C=O) groups is 1. The van der Waals surface area contributed by atoms with Crippen LogP contribution in [0.15, 0.2) is 41.3 Å². The molecule has 0 saturated carbocycles. The summed E-state index contributed by atoms with van der Waals surface area (Å²) in [6.45, 7) is 7.75. The fourth-order valence-corrected chi connectivity index (χ4v) is 6.30. The molecule has 5 rings (SSSR count). The number of morpholine rings is 2. The Labute approximate surface area is 237 Å². The molecule has 2 aliphatic rings. The normalized spacial score (nSPS) is 16.5. The van der Waals surface area contributed by atoms with Crippen LogP contribution in [0.3, 0.4) is 0 Å². The average Bonchev–Trinajstić information content (AvgIpc) is 3.30. The predicted molar refractivity (Wildman–Crippen MR) is 147 cm³/mol. The molecule has 1 aromatic heterocycles. The van der Waals surface area contributed by atoms with E-state index in [4.69, 9.17) is 14.2 Å². The highest BCUT2D eigenvalue weighted by molar-refractivity contribution is 7.89. The number of nitrogens with zero attached hydrogens (tertiary/aromatic N) is 5. The van der Waals surface area contributed by atoms with Crippen LogP contribution in [-0.2, 0) is 19.5 Å². The number of nitro benzene ring substituents is 1. The van der Waals surface area contributed by atoms with E-state index in [1.54, 1.807) is 11.8 Å². The molecule has 3 heterocycles. The number of ether oxygens (including phenoxy) is 3. The summed E-state index contributed by atoms with van der Waals surface area (Å²) >= 11 is 0. The quantitative estimate of drug-likeness (QED) is 0.302. The first-order chi connectivity index (χ1) is 19.6. The number of carbonyl (C=O) groups excluding carboxylic acids is 1. The lowest BCUT2D eigenvalue weighted by atomic mass is 10.1. The van der Waals surface area contributed by atoms with Crippen LogP contribution < -0.4 is 4.74 Å². The minimum atomic E-state index is -4.20. The summed E-state index contributed by atoms with van der Waals surface area (Å²) in [7, 11) is -4.20. The van der Waals surface area contributed by atoms with Crippen molar-refractivity contribution in [3.8, 4) is 17.3 Å². The number of aryl methyl sites for hydroxylation is 2. The zero-order chi connectivity index (χ0) is 29.3. The summed E-state index contributed by atoms with van der Waals surface area (Å²) in [6.07, 6.45) is 0. The van der Waals surface area contributed by atoms with Gasteiger partial charge in [0.25, 0.3) is 11.6 Å². The van der Waals surface area contributed by atoms with Gasteiger partial charge in [0.2, 0.25) is 15.9 Å². The van der Waals surface area contributed by atoms with Gasteiger partial charge in [-0.1, -0.05) is 12.1 Å². The van der Waals surface area contributed by atoms with Crippen molar-refractivity contribution in [1.29, 1.82) is 0 Å². The zero-order valence-corrected chi connectivity index (χ0v) is 23.8. The van der Waals surface area contributed by atoms with Crippen LogP contribution in [0.2, 0.25) is 0 Å². The van der Waals surface area contributed by atoms with Gasteiger partial charge in [0.05, 0.1) is 37.0 Å². The van der Waals surface area contributed by atoms with Gasteiger partial charge < -0.3 is 19.1 Å². The number of amides is 1. The van der Waals surface area contributed by atoms with Gasteiger partial charge in [-0.25, -0.2) is 8.42 Å². The molecule has 2 saturated heterocycles. The molecule has 0 spiro atoms. The van der Waals surface area contributed by atoms with Crippen LogP contribution in [-0.4, -0.2) is 90.8 Å². The number of nitro groups is 1. The Morgan fingerprint density at radius 1 is 0.976 bits per heavy atom. The van der Waals surface area contributed by atoms with E-state index in [0.717, 1.165) is 17.2 Å². The van der Waals surface area contributed by atoms with Gasteiger partial charge >= 0.3 is 0 Å². The minimum Gasteiger partial charge on any atom is -0.437 e. The SMILES string of the molecule is Cc1ccc(C)c(-n2nc(C(=O)N3CCOCC3)c(C)c2Oc2ccc([N+](=O)[O-])cc2S(=O)(=O)N2CCOCC2)c1. The summed E-state index contributed by atoms with van der Waals surface area (Å²) in [6, 6.07) is 9.18. The Morgan fingerprint density at radius 2 is 1.63 bits per heavy atom. The number of rotatable bonds is 7. The smallest absolute Gasteiger partial charge is 0.274 e. The molecule has 41 heavy (non-hydrogen) atoms. The Morgan fingerprint density at radius 3 is 2.29 bits per heavy atom. The molecule has 0 bridgehead atoms. The molecule has 0 aliphatic carbocycles. The van der Waals surface area contributed by atoms with Crippen molar-refractivity contribution in [3.63, 3.8) is 0 Å². The first-order valence-electron chi connectivity index (χ1n) is 13.2. The lowest BCUT2D eigenvalue weighted by molar-refractivity contribution is -0.385. The van der Waals surface area contributed by atoms with Crippen LogP contribution in [0.4, 0.5) is 5.69 Å². The van der Waals surface area contributed by atoms with Crippen molar-refractivity contribution in [1.82, 2.24) is 19.0 Å². The first-order valence-corrected chi connectivity index (χ1v) is 14.6. The van der Waals surface area contributed by atoms with Crippen molar-refractivity contribution in [2.24, 2.45) is 0 Å². The Kier molecular flexibility index (Phi) is 8.09. The maximum atomic E-state index is 13.7. The lowest BCUT2D eigenvalue weighted by Gasteiger charge is -2.26. The van der Waals surface area contributed by atoms with Crippen LogP contribution in [0.1, 0.15) is 27.2 Å². The molecule has 218 valence electrons. The molecule has 0 radical (unpaired) electrons. The van der Waals surface area contributed by atoms with Gasteiger partial charge in [-0.3, -0.25) is 14.9 Å². The predicted octanol–water partition coefficient (Wildman–Crippen LogP) is 2.99. The average molecular weight is 586 g/mol. The van der Waals surface area contributed by atoms with E-state index in [0.29, 0.717) is 37.6 Å². The number of non-ortho nitro benzene ring substituents is 1. The molecule has 0 unspecified atom stereocenters. The molecule has 13 nitrogen and oxygen atoms in total. The minimum absolute atomic E-state index is 0.0993. The Hall–Kier alpha value is -3.85. The summed E-state index contributed by atoms with van der Waals surface area (Å²) in [5.74, 6) is -0.297. The van der Waals surface area contributed by atoms with Crippen molar-refractivity contribution < 1.29 is 32.3 Å². The first kappa shape index (κ1) is 28.7.